The minimum Gasteiger partial charge on any atom is -0.330 e. The average molecular weight is 230 g/mol. The smallest absolute Gasteiger partial charge is 0.270 e. The van der Waals surface area contributed by atoms with Gasteiger partial charge in [-0.05, 0) is 12.0 Å². The van der Waals surface area contributed by atoms with Gasteiger partial charge in [0.25, 0.3) is 5.69 Å². The maximum atomic E-state index is 10.7. The van der Waals surface area contributed by atoms with Crippen molar-refractivity contribution in [3.63, 3.8) is 0 Å². The Morgan fingerprint density at radius 1 is 1.53 bits per heavy atom. The third-order valence-electron chi connectivity index (χ3n) is 2.23. The first kappa shape index (κ1) is 11.1. The van der Waals surface area contributed by atoms with Gasteiger partial charge < -0.3 is 5.73 Å². The van der Waals surface area contributed by atoms with E-state index in [0.29, 0.717) is 29.6 Å². The molecule has 0 saturated heterocycles. The molecule has 3 N–H and O–H groups in total. The highest BCUT2D eigenvalue weighted by molar-refractivity contribution is 5.86. The molecule has 0 radical (unpaired) electrons. The molecule has 0 saturated carbocycles. The third-order valence-corrected chi connectivity index (χ3v) is 2.23. The van der Waals surface area contributed by atoms with Crippen molar-refractivity contribution in [3.05, 3.63) is 34.0 Å². The van der Waals surface area contributed by atoms with Crippen LogP contribution in [0.4, 0.5) is 5.69 Å². The lowest BCUT2D eigenvalue weighted by atomic mass is 10.2. The lowest BCUT2D eigenvalue weighted by Gasteiger charge is -1.91. The molecule has 1 aromatic heterocycles. The van der Waals surface area contributed by atoms with Gasteiger partial charge in [0.05, 0.1) is 10.4 Å². The summed E-state index contributed by atoms with van der Waals surface area (Å²) in [5, 5.41) is 18.1. The van der Waals surface area contributed by atoms with Crippen LogP contribution in [0.25, 0.3) is 10.9 Å². The summed E-state index contributed by atoms with van der Waals surface area (Å²) >= 11 is 0. The van der Waals surface area contributed by atoms with E-state index >= 15 is 0 Å². The Balaban J connectivity index is 2.48. The Morgan fingerprint density at radius 2 is 2.35 bits per heavy atom. The number of nitro benzene ring substituents is 1. The van der Waals surface area contributed by atoms with Gasteiger partial charge in [0, 0.05) is 30.5 Å². The highest BCUT2D eigenvalue weighted by Crippen LogP contribution is 2.21. The second-order valence-corrected chi connectivity index (χ2v) is 3.40. The number of nitrogens with two attached hydrogens (primary N) is 1. The number of non-ortho nitro benzene ring substituents is 1. The van der Waals surface area contributed by atoms with E-state index in [1.807, 2.05) is 0 Å². The molecule has 6 nitrogen and oxygen atoms in total. The summed E-state index contributed by atoms with van der Waals surface area (Å²) in [7, 11) is 0. The molecule has 0 bridgehead atoms. The molecule has 1 heterocycles. The Morgan fingerprint density at radius 3 is 3.06 bits per heavy atom. The summed E-state index contributed by atoms with van der Waals surface area (Å²) in [6.07, 6.45) is 0.579. The largest absolute Gasteiger partial charge is 0.330 e. The van der Waals surface area contributed by atoms with Crippen LogP contribution in [-0.2, 0) is 0 Å². The highest BCUT2D eigenvalue weighted by atomic mass is 16.6. The molecule has 0 aliphatic carbocycles. The van der Waals surface area contributed by atoms with E-state index in [0.717, 1.165) is 0 Å². The molecule has 2 rings (SSSR count). The summed E-state index contributed by atoms with van der Waals surface area (Å²) in [5.41, 5.74) is 6.60. The van der Waals surface area contributed by atoms with Gasteiger partial charge in [-0.15, -0.1) is 0 Å². The predicted octanol–water partition coefficient (Wildman–Crippen LogP) is 1.17. The molecule has 17 heavy (non-hydrogen) atoms. The standard InChI is InChI=1S/C11H10N4O2/c12-6-2-1-3-10-9-7-8(15(16)17)4-5-11(9)14-13-10/h4-5,7H,2,6,12H2,(H,13,14). The summed E-state index contributed by atoms with van der Waals surface area (Å²) in [5.74, 6) is 5.73. The van der Waals surface area contributed by atoms with Crippen LogP contribution < -0.4 is 5.73 Å². The number of hydrogen-bond acceptors (Lipinski definition) is 4. The van der Waals surface area contributed by atoms with Crippen LogP contribution in [0.1, 0.15) is 12.1 Å². The fourth-order valence-electron chi connectivity index (χ4n) is 1.43. The molecule has 1 aromatic carbocycles. The van der Waals surface area contributed by atoms with Crippen molar-refractivity contribution < 1.29 is 4.92 Å². The first-order valence-electron chi connectivity index (χ1n) is 5.04. The van der Waals surface area contributed by atoms with Gasteiger partial charge in [-0.3, -0.25) is 15.2 Å². The minimum atomic E-state index is -0.441. The van der Waals surface area contributed by atoms with Gasteiger partial charge in [0.2, 0.25) is 0 Å². The van der Waals surface area contributed by atoms with Crippen LogP contribution in [0.5, 0.6) is 0 Å². The molecule has 0 atom stereocenters. The minimum absolute atomic E-state index is 0.0285. The van der Waals surface area contributed by atoms with Crippen LogP contribution in [-0.4, -0.2) is 21.7 Å². The quantitative estimate of drug-likeness (QED) is 0.459. The van der Waals surface area contributed by atoms with Crippen molar-refractivity contribution in [1.82, 2.24) is 10.2 Å². The van der Waals surface area contributed by atoms with Gasteiger partial charge >= 0.3 is 0 Å². The molecule has 0 aliphatic rings. The van der Waals surface area contributed by atoms with Crippen molar-refractivity contribution in [2.24, 2.45) is 5.73 Å². The maximum absolute atomic E-state index is 10.7. The molecular formula is C11H10N4O2. The van der Waals surface area contributed by atoms with Crippen molar-refractivity contribution >= 4 is 16.6 Å². The molecule has 2 aromatic rings. The lowest BCUT2D eigenvalue weighted by molar-refractivity contribution is -0.384. The number of rotatable bonds is 2. The zero-order valence-electron chi connectivity index (χ0n) is 8.93. The topological polar surface area (TPSA) is 97.8 Å². The van der Waals surface area contributed by atoms with E-state index < -0.39 is 4.92 Å². The number of aromatic nitrogens is 2. The van der Waals surface area contributed by atoms with Crippen LogP contribution in [0.3, 0.4) is 0 Å². The second-order valence-electron chi connectivity index (χ2n) is 3.40. The summed E-state index contributed by atoms with van der Waals surface area (Å²) in [6, 6.07) is 4.48. The van der Waals surface area contributed by atoms with E-state index in [1.54, 1.807) is 6.07 Å². The van der Waals surface area contributed by atoms with Gasteiger partial charge in [0.15, 0.2) is 0 Å². The molecule has 0 aliphatic heterocycles. The Hall–Kier alpha value is -2.39. The molecule has 0 fully saturated rings. The van der Waals surface area contributed by atoms with Crippen LogP contribution >= 0.6 is 0 Å². The fraction of sp³-hybridized carbons (Fsp3) is 0.182. The van der Waals surface area contributed by atoms with Gasteiger partial charge in [-0.25, -0.2) is 0 Å². The van der Waals surface area contributed by atoms with Crippen LogP contribution in [0.15, 0.2) is 18.2 Å². The van der Waals surface area contributed by atoms with E-state index in [2.05, 4.69) is 22.0 Å². The molecule has 0 amide bonds. The number of nitro groups is 1. The number of fused-ring (bicyclic) bond motifs is 1. The number of H-pyrrole nitrogens is 1. The van der Waals surface area contributed by atoms with Gasteiger partial charge in [0.1, 0.15) is 5.69 Å². The molecule has 0 unspecified atom stereocenters. The van der Waals surface area contributed by atoms with E-state index in [-0.39, 0.29) is 5.69 Å². The van der Waals surface area contributed by atoms with E-state index in [4.69, 9.17) is 5.73 Å². The predicted molar refractivity (Wildman–Crippen MR) is 63.3 cm³/mol. The lowest BCUT2D eigenvalue weighted by Crippen LogP contribution is -1.95. The summed E-state index contributed by atoms with van der Waals surface area (Å²) in [4.78, 5) is 10.2. The first-order valence-corrected chi connectivity index (χ1v) is 5.04. The monoisotopic (exact) mass is 230 g/mol. The van der Waals surface area contributed by atoms with Gasteiger partial charge in [-0.2, -0.15) is 5.10 Å². The van der Waals surface area contributed by atoms with Crippen LogP contribution in [0.2, 0.25) is 0 Å². The Labute approximate surface area is 97.0 Å². The van der Waals surface area contributed by atoms with E-state index in [1.165, 1.54) is 12.1 Å². The Kier molecular flexibility index (Phi) is 3.03. The molecule has 86 valence electrons. The van der Waals surface area contributed by atoms with Crippen molar-refractivity contribution in [1.29, 1.82) is 0 Å². The molecule has 0 spiro atoms. The Bertz CT molecular complexity index is 621. The average Bonchev–Trinajstić information content (AvgIpc) is 2.72. The fourth-order valence-corrected chi connectivity index (χ4v) is 1.43. The zero-order chi connectivity index (χ0) is 12.3. The van der Waals surface area contributed by atoms with Crippen molar-refractivity contribution in [2.75, 3.05) is 6.54 Å². The number of hydrogen-bond donors (Lipinski definition) is 2. The second kappa shape index (κ2) is 4.63. The first-order chi connectivity index (χ1) is 8.22. The number of nitrogens with one attached hydrogen (secondary N) is 1. The number of aromatic amines is 1. The third kappa shape index (κ3) is 2.24. The summed E-state index contributed by atoms with van der Waals surface area (Å²) < 4.78 is 0. The normalized spacial score (nSPS) is 9.94. The molecular weight excluding hydrogens is 220 g/mol. The molecule has 6 heteroatoms. The summed E-state index contributed by atoms with van der Waals surface area (Å²) in [6.45, 7) is 0.485. The highest BCUT2D eigenvalue weighted by Gasteiger charge is 2.10. The van der Waals surface area contributed by atoms with Crippen molar-refractivity contribution in [3.8, 4) is 11.8 Å². The number of benzene rings is 1. The van der Waals surface area contributed by atoms with E-state index in [9.17, 15) is 10.1 Å². The van der Waals surface area contributed by atoms with Crippen molar-refractivity contribution in [2.45, 2.75) is 6.42 Å². The number of nitrogens with zero attached hydrogens (tertiary/aromatic N) is 2. The van der Waals surface area contributed by atoms with Crippen LogP contribution in [0, 0.1) is 22.0 Å². The zero-order valence-corrected chi connectivity index (χ0v) is 8.93. The maximum Gasteiger partial charge on any atom is 0.270 e. The SMILES string of the molecule is NCCC#Cc1[nH]nc2ccc([N+](=O)[O-])cc12. The van der Waals surface area contributed by atoms with Gasteiger partial charge in [-0.1, -0.05) is 5.92 Å².